The van der Waals surface area contributed by atoms with Crippen LogP contribution in [0.15, 0.2) is 24.3 Å². The molecule has 0 fully saturated rings. The molecule has 0 saturated carbocycles. The molecule has 0 aliphatic heterocycles. The molecule has 0 aromatic heterocycles. The lowest BCUT2D eigenvalue weighted by molar-refractivity contribution is 0.187. The lowest BCUT2D eigenvalue weighted by Crippen LogP contribution is -2.17. The normalized spacial score (nSPS) is 9.06. The number of benzene rings is 1. The topological polar surface area (TPSA) is 41.6 Å². The number of nitrogens with one attached hydrogen (secondary N) is 1. The highest BCUT2D eigenvalue weighted by atomic mass is 16.5. The van der Waals surface area contributed by atoms with E-state index in [1.165, 1.54) is 7.11 Å². The van der Waals surface area contributed by atoms with E-state index in [1.807, 2.05) is 24.1 Å². The molecule has 0 spiro atoms. The average molecular weight is 218 g/mol. The molecule has 4 heteroatoms. The summed E-state index contributed by atoms with van der Waals surface area (Å²) >= 11 is 0. The Hall–Kier alpha value is -2.15. The fourth-order valence-electron chi connectivity index (χ4n) is 1.20. The van der Waals surface area contributed by atoms with Crippen LogP contribution in [0.25, 0.3) is 0 Å². The van der Waals surface area contributed by atoms with Gasteiger partial charge in [-0.2, -0.15) is 0 Å². The fourth-order valence-corrected chi connectivity index (χ4v) is 1.20. The number of hydrogen-bond acceptors (Lipinski definition) is 3. The summed E-state index contributed by atoms with van der Waals surface area (Å²) < 4.78 is 4.48. The molecule has 1 aromatic carbocycles. The van der Waals surface area contributed by atoms with Crippen LogP contribution in [-0.2, 0) is 4.74 Å². The minimum atomic E-state index is -0.482. The number of nitrogens with zero attached hydrogens (tertiary/aromatic N) is 1. The standard InChI is InChI=1S/C12H14N2O2/c1-4-9-14(2)11-7-5-10(6-8-11)13-12(15)16-3/h1,5-8H,9H2,2-3H3,(H,13,15). The number of rotatable bonds is 3. The molecule has 0 radical (unpaired) electrons. The fraction of sp³-hybridized carbons (Fsp3) is 0.250. The number of ether oxygens (including phenoxy) is 1. The molecule has 0 saturated heterocycles. The maximum Gasteiger partial charge on any atom is 0.411 e. The first kappa shape index (κ1) is 11.9. The first-order valence-electron chi connectivity index (χ1n) is 4.77. The maximum absolute atomic E-state index is 10.9. The Morgan fingerprint density at radius 2 is 2.12 bits per heavy atom. The average Bonchev–Trinajstić information content (AvgIpc) is 2.30. The molecule has 0 aliphatic rings. The van der Waals surface area contributed by atoms with E-state index in [0.29, 0.717) is 12.2 Å². The van der Waals surface area contributed by atoms with Crippen molar-refractivity contribution in [2.24, 2.45) is 0 Å². The number of carbonyl (C=O) groups is 1. The Labute approximate surface area is 95.2 Å². The third-order valence-electron chi connectivity index (χ3n) is 2.07. The molecule has 0 aliphatic carbocycles. The second kappa shape index (κ2) is 5.66. The van der Waals surface area contributed by atoms with Gasteiger partial charge < -0.3 is 9.64 Å². The molecule has 4 nitrogen and oxygen atoms in total. The quantitative estimate of drug-likeness (QED) is 0.788. The minimum Gasteiger partial charge on any atom is -0.453 e. The van der Waals surface area contributed by atoms with E-state index >= 15 is 0 Å². The van der Waals surface area contributed by atoms with Crippen LogP contribution in [0.3, 0.4) is 0 Å². The first-order valence-corrected chi connectivity index (χ1v) is 4.77. The van der Waals surface area contributed by atoms with Crippen molar-refractivity contribution in [3.63, 3.8) is 0 Å². The summed E-state index contributed by atoms with van der Waals surface area (Å²) in [6, 6.07) is 7.34. The zero-order valence-corrected chi connectivity index (χ0v) is 9.36. The molecule has 1 rings (SSSR count). The summed E-state index contributed by atoms with van der Waals surface area (Å²) in [4.78, 5) is 12.9. The van der Waals surface area contributed by atoms with Gasteiger partial charge in [0.25, 0.3) is 0 Å². The Balaban J connectivity index is 2.68. The Bertz CT molecular complexity index is 392. The highest BCUT2D eigenvalue weighted by molar-refractivity contribution is 5.84. The van der Waals surface area contributed by atoms with Crippen LogP contribution in [-0.4, -0.2) is 26.8 Å². The second-order valence-corrected chi connectivity index (χ2v) is 3.22. The van der Waals surface area contributed by atoms with Gasteiger partial charge in [-0.05, 0) is 24.3 Å². The SMILES string of the molecule is C#CCN(C)c1ccc(NC(=O)OC)cc1. The number of terminal acetylenes is 1. The number of carbonyl (C=O) groups excluding carboxylic acids is 1. The van der Waals surface area contributed by atoms with E-state index in [1.54, 1.807) is 12.1 Å². The van der Waals surface area contributed by atoms with Crippen molar-refractivity contribution in [2.75, 3.05) is 30.9 Å². The monoisotopic (exact) mass is 218 g/mol. The molecule has 0 heterocycles. The molecular weight excluding hydrogens is 204 g/mol. The molecule has 1 aromatic rings. The van der Waals surface area contributed by atoms with Gasteiger partial charge in [-0.25, -0.2) is 4.79 Å². The third kappa shape index (κ3) is 3.21. The molecule has 0 unspecified atom stereocenters. The van der Waals surface area contributed by atoms with Gasteiger partial charge in [0.1, 0.15) is 0 Å². The Morgan fingerprint density at radius 1 is 1.50 bits per heavy atom. The van der Waals surface area contributed by atoms with Gasteiger partial charge in [-0.15, -0.1) is 6.42 Å². The maximum atomic E-state index is 10.9. The summed E-state index contributed by atoms with van der Waals surface area (Å²) in [7, 11) is 3.23. The van der Waals surface area contributed by atoms with Crippen molar-refractivity contribution >= 4 is 17.5 Å². The van der Waals surface area contributed by atoms with Gasteiger partial charge in [-0.1, -0.05) is 5.92 Å². The van der Waals surface area contributed by atoms with Gasteiger partial charge in [0.15, 0.2) is 0 Å². The number of anilines is 2. The largest absolute Gasteiger partial charge is 0.453 e. The lowest BCUT2D eigenvalue weighted by Gasteiger charge is -2.16. The van der Waals surface area contributed by atoms with E-state index in [9.17, 15) is 4.79 Å². The van der Waals surface area contributed by atoms with E-state index < -0.39 is 6.09 Å². The minimum absolute atomic E-state index is 0.482. The van der Waals surface area contributed by atoms with E-state index in [0.717, 1.165) is 5.69 Å². The molecule has 16 heavy (non-hydrogen) atoms. The smallest absolute Gasteiger partial charge is 0.411 e. The highest BCUT2D eigenvalue weighted by Crippen LogP contribution is 2.16. The van der Waals surface area contributed by atoms with Gasteiger partial charge in [0, 0.05) is 18.4 Å². The summed E-state index contributed by atoms with van der Waals surface area (Å²) in [5.74, 6) is 2.56. The van der Waals surface area contributed by atoms with Crippen LogP contribution in [0.4, 0.5) is 16.2 Å². The van der Waals surface area contributed by atoms with Crippen LogP contribution in [0.5, 0.6) is 0 Å². The number of methoxy groups -OCH3 is 1. The molecule has 1 amide bonds. The summed E-state index contributed by atoms with van der Waals surface area (Å²) in [5.41, 5.74) is 1.68. The van der Waals surface area contributed by atoms with Crippen molar-refractivity contribution in [1.29, 1.82) is 0 Å². The van der Waals surface area contributed by atoms with Crippen LogP contribution >= 0.6 is 0 Å². The second-order valence-electron chi connectivity index (χ2n) is 3.22. The molecule has 0 atom stereocenters. The van der Waals surface area contributed by atoms with Crippen LogP contribution in [0.1, 0.15) is 0 Å². The number of amides is 1. The first-order chi connectivity index (χ1) is 7.67. The van der Waals surface area contributed by atoms with Crippen molar-refractivity contribution in [2.45, 2.75) is 0 Å². The summed E-state index contributed by atoms with van der Waals surface area (Å²) in [5, 5.41) is 2.57. The number of hydrogen-bond donors (Lipinski definition) is 1. The molecule has 0 bridgehead atoms. The van der Waals surface area contributed by atoms with Crippen molar-refractivity contribution in [3.05, 3.63) is 24.3 Å². The predicted molar refractivity (Wildman–Crippen MR) is 64.6 cm³/mol. The van der Waals surface area contributed by atoms with E-state index in [4.69, 9.17) is 6.42 Å². The van der Waals surface area contributed by atoms with E-state index in [-0.39, 0.29) is 0 Å². The van der Waals surface area contributed by atoms with Crippen LogP contribution in [0, 0.1) is 12.3 Å². The van der Waals surface area contributed by atoms with Crippen molar-refractivity contribution in [1.82, 2.24) is 0 Å². The zero-order valence-electron chi connectivity index (χ0n) is 9.36. The van der Waals surface area contributed by atoms with Gasteiger partial charge >= 0.3 is 6.09 Å². The third-order valence-corrected chi connectivity index (χ3v) is 2.07. The molecule has 1 N–H and O–H groups in total. The Kier molecular flexibility index (Phi) is 4.22. The Morgan fingerprint density at radius 3 is 2.62 bits per heavy atom. The molecular formula is C12H14N2O2. The zero-order chi connectivity index (χ0) is 12.0. The van der Waals surface area contributed by atoms with E-state index in [2.05, 4.69) is 16.0 Å². The van der Waals surface area contributed by atoms with Gasteiger partial charge in [0.2, 0.25) is 0 Å². The van der Waals surface area contributed by atoms with Gasteiger partial charge in [0.05, 0.1) is 13.7 Å². The predicted octanol–water partition coefficient (Wildman–Crippen LogP) is 1.93. The summed E-state index contributed by atoms with van der Waals surface area (Å²) in [6.07, 6.45) is 4.73. The van der Waals surface area contributed by atoms with Crippen molar-refractivity contribution < 1.29 is 9.53 Å². The molecule has 84 valence electrons. The van der Waals surface area contributed by atoms with Gasteiger partial charge in [-0.3, -0.25) is 5.32 Å². The highest BCUT2D eigenvalue weighted by Gasteiger charge is 2.02. The summed E-state index contributed by atoms with van der Waals surface area (Å²) in [6.45, 7) is 0.545. The van der Waals surface area contributed by atoms with Crippen LogP contribution in [0.2, 0.25) is 0 Å². The van der Waals surface area contributed by atoms with Crippen molar-refractivity contribution in [3.8, 4) is 12.3 Å². The van der Waals surface area contributed by atoms with Crippen LogP contribution < -0.4 is 10.2 Å². The lowest BCUT2D eigenvalue weighted by atomic mass is 10.2.